The monoisotopic (exact) mass is 279 g/mol. The Balaban J connectivity index is 2.10. The van der Waals surface area contributed by atoms with Crippen LogP contribution in [0.5, 0.6) is 0 Å². The van der Waals surface area contributed by atoms with Gasteiger partial charge in [-0.1, -0.05) is 39.2 Å². The van der Waals surface area contributed by atoms with E-state index >= 15 is 0 Å². The predicted molar refractivity (Wildman–Crippen MR) is 62.9 cm³/mol. The Morgan fingerprint density at radius 2 is 2.00 bits per heavy atom. The normalized spacial score (nSPS) is 17.3. The Hall–Kier alpha value is -1.36. The molecule has 0 unspecified atom stereocenters. The van der Waals surface area contributed by atoms with Crippen molar-refractivity contribution in [3.63, 3.8) is 0 Å². The molecule has 1 aromatic heterocycles. The topological polar surface area (TPSA) is 64.9 Å². The second-order valence-corrected chi connectivity index (χ2v) is 4.86. The third kappa shape index (κ3) is 1.35. The fourth-order valence-corrected chi connectivity index (χ4v) is 2.66. The van der Waals surface area contributed by atoms with Crippen molar-refractivity contribution in [3.05, 3.63) is 40.2 Å². The van der Waals surface area contributed by atoms with Gasteiger partial charge >= 0.3 is 6.01 Å². The quantitative estimate of drug-likeness (QED) is 0.917. The molecule has 3 rings (SSSR count). The number of nitrogen functional groups attached to an aromatic ring is 1. The summed E-state index contributed by atoms with van der Waals surface area (Å²) in [5.74, 6) is 0.622. The first-order valence-corrected chi connectivity index (χ1v) is 5.86. The van der Waals surface area contributed by atoms with E-state index in [0.29, 0.717) is 5.89 Å². The summed E-state index contributed by atoms with van der Waals surface area (Å²) in [4.78, 5) is 0. The van der Waals surface area contributed by atoms with Crippen LogP contribution in [0, 0.1) is 0 Å². The standard InChI is InChI=1S/C11H10BrN3O/c12-8-4-2-1-3-7(8)11(5-6-11)9-14-15-10(13)16-9/h1-4H,5-6H2,(H2,13,15). The average Bonchev–Trinajstić information content (AvgIpc) is 2.96. The highest BCUT2D eigenvalue weighted by Crippen LogP contribution is 2.54. The van der Waals surface area contributed by atoms with Crippen molar-refractivity contribution in [2.45, 2.75) is 18.3 Å². The molecule has 2 N–H and O–H groups in total. The molecule has 0 aliphatic heterocycles. The lowest BCUT2D eigenvalue weighted by Gasteiger charge is -2.12. The van der Waals surface area contributed by atoms with E-state index in [4.69, 9.17) is 10.2 Å². The van der Waals surface area contributed by atoms with Crippen LogP contribution in [0.15, 0.2) is 33.2 Å². The number of halogens is 1. The van der Waals surface area contributed by atoms with Crippen LogP contribution in [-0.2, 0) is 5.41 Å². The summed E-state index contributed by atoms with van der Waals surface area (Å²) >= 11 is 3.56. The van der Waals surface area contributed by atoms with Crippen LogP contribution in [0.25, 0.3) is 0 Å². The van der Waals surface area contributed by atoms with E-state index in [1.807, 2.05) is 18.2 Å². The molecule has 1 fully saturated rings. The second kappa shape index (κ2) is 3.31. The lowest BCUT2D eigenvalue weighted by atomic mass is 9.96. The lowest BCUT2D eigenvalue weighted by molar-refractivity contribution is 0.475. The number of aromatic nitrogens is 2. The summed E-state index contributed by atoms with van der Waals surface area (Å²) in [5.41, 5.74) is 6.54. The summed E-state index contributed by atoms with van der Waals surface area (Å²) in [7, 11) is 0. The molecule has 5 heteroatoms. The minimum absolute atomic E-state index is 0.120. The first-order valence-electron chi connectivity index (χ1n) is 5.07. The third-order valence-electron chi connectivity index (χ3n) is 2.99. The van der Waals surface area contributed by atoms with Gasteiger partial charge in [0.2, 0.25) is 5.89 Å². The van der Waals surface area contributed by atoms with Gasteiger partial charge in [-0.15, -0.1) is 5.10 Å². The summed E-state index contributed by atoms with van der Waals surface area (Å²) in [5, 5.41) is 7.73. The summed E-state index contributed by atoms with van der Waals surface area (Å²) in [6.07, 6.45) is 2.05. The SMILES string of the molecule is Nc1nnc(C2(c3ccccc3Br)CC2)o1. The fraction of sp³-hybridized carbons (Fsp3) is 0.273. The number of nitrogens with zero attached hydrogens (tertiary/aromatic N) is 2. The van der Waals surface area contributed by atoms with Gasteiger partial charge in [0.05, 0.1) is 5.41 Å². The smallest absolute Gasteiger partial charge is 0.312 e. The number of anilines is 1. The fourth-order valence-electron chi connectivity index (χ4n) is 2.00. The van der Waals surface area contributed by atoms with Crippen LogP contribution < -0.4 is 5.73 Å². The molecular weight excluding hydrogens is 270 g/mol. The minimum Gasteiger partial charge on any atom is -0.407 e. The van der Waals surface area contributed by atoms with Gasteiger partial charge < -0.3 is 10.2 Å². The number of hydrogen-bond donors (Lipinski definition) is 1. The molecule has 0 bridgehead atoms. The van der Waals surface area contributed by atoms with E-state index in [0.717, 1.165) is 17.3 Å². The third-order valence-corrected chi connectivity index (χ3v) is 3.68. The molecule has 1 aromatic carbocycles. The first kappa shape index (κ1) is 9.84. The van der Waals surface area contributed by atoms with Crippen LogP contribution in [0.1, 0.15) is 24.3 Å². The van der Waals surface area contributed by atoms with Crippen molar-refractivity contribution >= 4 is 21.9 Å². The van der Waals surface area contributed by atoms with Gasteiger partial charge in [-0.2, -0.15) is 0 Å². The molecule has 0 atom stereocenters. The Bertz CT molecular complexity index is 534. The van der Waals surface area contributed by atoms with Gasteiger partial charge in [0.25, 0.3) is 0 Å². The second-order valence-electron chi connectivity index (χ2n) is 4.01. The molecule has 1 aliphatic carbocycles. The van der Waals surface area contributed by atoms with Crippen LogP contribution in [0.2, 0.25) is 0 Å². The van der Waals surface area contributed by atoms with Crippen LogP contribution in [0.4, 0.5) is 6.01 Å². The predicted octanol–water partition coefficient (Wildman–Crippen LogP) is 2.49. The van der Waals surface area contributed by atoms with E-state index in [-0.39, 0.29) is 11.4 Å². The molecule has 0 spiro atoms. The van der Waals surface area contributed by atoms with E-state index in [1.54, 1.807) is 0 Å². The van der Waals surface area contributed by atoms with Crippen molar-refractivity contribution in [2.75, 3.05) is 5.73 Å². The zero-order valence-electron chi connectivity index (χ0n) is 8.48. The van der Waals surface area contributed by atoms with Gasteiger partial charge in [0.15, 0.2) is 0 Å². The Morgan fingerprint density at radius 1 is 1.25 bits per heavy atom. The number of benzene rings is 1. The summed E-state index contributed by atoms with van der Waals surface area (Å²) < 4.78 is 6.43. The van der Waals surface area contributed by atoms with Crippen LogP contribution in [-0.4, -0.2) is 10.2 Å². The lowest BCUT2D eigenvalue weighted by Crippen LogP contribution is -2.09. The van der Waals surface area contributed by atoms with Crippen molar-refractivity contribution in [1.82, 2.24) is 10.2 Å². The first-order chi connectivity index (χ1) is 7.72. The minimum atomic E-state index is -0.120. The summed E-state index contributed by atoms with van der Waals surface area (Å²) in [6, 6.07) is 8.24. The molecule has 1 aliphatic rings. The van der Waals surface area contributed by atoms with Crippen LogP contribution >= 0.6 is 15.9 Å². The Morgan fingerprint density at radius 3 is 2.56 bits per heavy atom. The molecule has 0 saturated heterocycles. The summed E-state index contributed by atoms with van der Waals surface area (Å²) in [6.45, 7) is 0. The molecule has 1 saturated carbocycles. The highest BCUT2D eigenvalue weighted by molar-refractivity contribution is 9.10. The van der Waals surface area contributed by atoms with E-state index < -0.39 is 0 Å². The maximum absolute atomic E-state index is 5.47. The highest BCUT2D eigenvalue weighted by Gasteiger charge is 2.51. The van der Waals surface area contributed by atoms with Crippen molar-refractivity contribution in [1.29, 1.82) is 0 Å². The molecule has 1 heterocycles. The Labute approximate surface area is 101 Å². The number of hydrogen-bond acceptors (Lipinski definition) is 4. The van der Waals surface area contributed by atoms with Crippen molar-refractivity contribution < 1.29 is 4.42 Å². The van der Waals surface area contributed by atoms with Gasteiger partial charge in [0, 0.05) is 4.47 Å². The van der Waals surface area contributed by atoms with E-state index in [2.05, 4.69) is 32.2 Å². The van der Waals surface area contributed by atoms with Gasteiger partial charge in [-0.05, 0) is 24.5 Å². The molecule has 4 nitrogen and oxygen atoms in total. The maximum Gasteiger partial charge on any atom is 0.312 e. The molecule has 82 valence electrons. The van der Waals surface area contributed by atoms with Crippen molar-refractivity contribution in [2.24, 2.45) is 0 Å². The largest absolute Gasteiger partial charge is 0.407 e. The Kier molecular flexibility index (Phi) is 2.04. The van der Waals surface area contributed by atoms with Gasteiger partial charge in [-0.3, -0.25) is 0 Å². The van der Waals surface area contributed by atoms with Crippen molar-refractivity contribution in [3.8, 4) is 0 Å². The van der Waals surface area contributed by atoms with Gasteiger partial charge in [0.1, 0.15) is 0 Å². The maximum atomic E-state index is 5.47. The zero-order valence-corrected chi connectivity index (χ0v) is 10.1. The number of nitrogens with two attached hydrogens (primary N) is 1. The van der Waals surface area contributed by atoms with E-state index in [1.165, 1.54) is 5.56 Å². The molecule has 0 amide bonds. The molecule has 16 heavy (non-hydrogen) atoms. The van der Waals surface area contributed by atoms with Gasteiger partial charge in [-0.25, -0.2) is 0 Å². The highest BCUT2D eigenvalue weighted by atomic mass is 79.9. The van der Waals surface area contributed by atoms with E-state index in [9.17, 15) is 0 Å². The molecule has 0 radical (unpaired) electrons. The average molecular weight is 280 g/mol. The zero-order chi connectivity index (χ0) is 11.2. The molecule has 2 aromatic rings. The van der Waals surface area contributed by atoms with Crippen LogP contribution in [0.3, 0.4) is 0 Å². The number of rotatable bonds is 2. The molecular formula is C11H10BrN3O.